The van der Waals surface area contributed by atoms with E-state index in [1.54, 1.807) is 42.0 Å². The van der Waals surface area contributed by atoms with Gasteiger partial charge in [0, 0.05) is 19.7 Å². The van der Waals surface area contributed by atoms with Gasteiger partial charge in [-0.15, -0.1) is 5.10 Å². The Labute approximate surface area is 244 Å². The van der Waals surface area contributed by atoms with Gasteiger partial charge in [0.15, 0.2) is 11.5 Å². The summed E-state index contributed by atoms with van der Waals surface area (Å²) in [5.41, 5.74) is 2.80. The highest BCUT2D eigenvalue weighted by Gasteiger charge is 2.33. The summed E-state index contributed by atoms with van der Waals surface area (Å²) in [6.45, 7) is 1.07. The van der Waals surface area contributed by atoms with E-state index in [0.29, 0.717) is 41.5 Å². The number of hydrogen-bond donors (Lipinski definition) is 1. The van der Waals surface area contributed by atoms with Crippen molar-refractivity contribution in [1.29, 1.82) is 0 Å². The fourth-order valence-electron chi connectivity index (χ4n) is 5.12. The lowest BCUT2D eigenvalue weighted by Crippen LogP contribution is -2.46. The van der Waals surface area contributed by atoms with E-state index in [2.05, 4.69) is 15.6 Å². The second-order valence-corrected chi connectivity index (χ2v) is 10.0. The Morgan fingerprint density at radius 2 is 1.81 bits per heavy atom. The molecule has 1 aliphatic rings. The number of benzene rings is 3. The average molecular weight is 574 g/mol. The van der Waals surface area contributed by atoms with E-state index >= 15 is 0 Å². The number of para-hydroxylation sites is 1. The van der Waals surface area contributed by atoms with Crippen LogP contribution in [0.15, 0.2) is 66.7 Å². The molecule has 42 heavy (non-hydrogen) atoms. The third-order valence-corrected chi connectivity index (χ3v) is 7.35. The van der Waals surface area contributed by atoms with Crippen molar-refractivity contribution < 1.29 is 28.5 Å². The van der Waals surface area contributed by atoms with Crippen LogP contribution in [-0.2, 0) is 27.4 Å². The minimum Gasteiger partial charge on any atom is -0.497 e. The maximum Gasteiger partial charge on any atom is 0.247 e. The van der Waals surface area contributed by atoms with Gasteiger partial charge >= 0.3 is 0 Å². The van der Waals surface area contributed by atoms with Crippen LogP contribution in [0.2, 0.25) is 0 Å². The predicted molar refractivity (Wildman–Crippen MR) is 155 cm³/mol. The summed E-state index contributed by atoms with van der Waals surface area (Å²) in [6.07, 6.45) is 1.76. The lowest BCUT2D eigenvalue weighted by Gasteiger charge is -2.32. The second-order valence-electron chi connectivity index (χ2n) is 10.0. The smallest absolute Gasteiger partial charge is 0.247 e. The highest BCUT2D eigenvalue weighted by molar-refractivity contribution is 5.89. The van der Waals surface area contributed by atoms with Gasteiger partial charge in [0.2, 0.25) is 11.8 Å². The lowest BCUT2D eigenvalue weighted by molar-refractivity contribution is -0.142. The van der Waals surface area contributed by atoms with Crippen molar-refractivity contribution in [2.24, 2.45) is 0 Å². The van der Waals surface area contributed by atoms with E-state index in [1.165, 1.54) is 7.11 Å². The number of carbonyl (C=O) groups excluding carboxylic acids is 2. The standard InChI is InChI=1S/C31H35N5O6/c1-39-23-13-10-21(11-14-23)19-35(29(37)20-36-26-9-5-4-8-25(26)33-34-36)30(31(38)32-18-24-7-6-16-42-24)22-12-15-27(40-2)28(17-22)41-3/h4-5,8-15,17,24,30H,6-7,16,18-20H2,1-3H3,(H,32,38)/t24-,30+/m0/s1. The molecule has 1 aromatic heterocycles. The van der Waals surface area contributed by atoms with Crippen molar-refractivity contribution >= 4 is 22.8 Å². The molecular formula is C31H35N5O6. The van der Waals surface area contributed by atoms with Crippen molar-refractivity contribution in [2.75, 3.05) is 34.5 Å². The zero-order valence-corrected chi connectivity index (χ0v) is 24.0. The molecule has 2 heterocycles. The van der Waals surface area contributed by atoms with Gasteiger partial charge in [-0.2, -0.15) is 0 Å². The summed E-state index contributed by atoms with van der Waals surface area (Å²) in [5, 5.41) is 11.4. The fourth-order valence-corrected chi connectivity index (χ4v) is 5.12. The van der Waals surface area contributed by atoms with Gasteiger partial charge in [-0.1, -0.05) is 35.5 Å². The molecule has 0 unspecified atom stereocenters. The molecule has 0 bridgehead atoms. The molecule has 3 aromatic carbocycles. The van der Waals surface area contributed by atoms with Crippen LogP contribution in [0.5, 0.6) is 17.2 Å². The second kappa shape index (κ2) is 13.3. The van der Waals surface area contributed by atoms with Crippen LogP contribution in [0.3, 0.4) is 0 Å². The number of fused-ring (bicyclic) bond motifs is 1. The molecule has 2 atom stereocenters. The van der Waals surface area contributed by atoms with Gasteiger partial charge in [-0.25, -0.2) is 4.68 Å². The molecule has 0 aliphatic carbocycles. The third-order valence-electron chi connectivity index (χ3n) is 7.35. The normalized spacial score (nSPS) is 15.3. The van der Waals surface area contributed by atoms with Crippen molar-refractivity contribution in [2.45, 2.75) is 38.1 Å². The van der Waals surface area contributed by atoms with Crippen LogP contribution in [0.4, 0.5) is 0 Å². The third kappa shape index (κ3) is 6.46. The number of ether oxygens (including phenoxy) is 4. The van der Waals surface area contributed by atoms with Crippen LogP contribution in [0.25, 0.3) is 11.0 Å². The summed E-state index contributed by atoms with van der Waals surface area (Å²) in [5.74, 6) is 1.01. The molecule has 0 radical (unpaired) electrons. The van der Waals surface area contributed by atoms with Crippen LogP contribution >= 0.6 is 0 Å². The highest BCUT2D eigenvalue weighted by Crippen LogP contribution is 2.33. The van der Waals surface area contributed by atoms with Gasteiger partial charge in [-0.3, -0.25) is 9.59 Å². The summed E-state index contributed by atoms with van der Waals surface area (Å²) in [4.78, 5) is 29.8. The van der Waals surface area contributed by atoms with Gasteiger partial charge < -0.3 is 29.2 Å². The quantitative estimate of drug-likeness (QED) is 0.274. The Morgan fingerprint density at radius 1 is 1.02 bits per heavy atom. The molecule has 0 saturated carbocycles. The first-order valence-electron chi connectivity index (χ1n) is 13.8. The molecule has 220 valence electrons. The minimum absolute atomic E-state index is 0.0627. The molecule has 11 nitrogen and oxygen atoms in total. The predicted octanol–water partition coefficient (Wildman–Crippen LogP) is 3.52. The molecule has 2 amide bonds. The Morgan fingerprint density at radius 3 is 2.52 bits per heavy atom. The molecule has 4 aromatic rings. The molecule has 1 N–H and O–H groups in total. The number of rotatable bonds is 12. The molecule has 11 heteroatoms. The van der Waals surface area contributed by atoms with E-state index in [-0.39, 0.29) is 31.0 Å². The van der Waals surface area contributed by atoms with E-state index < -0.39 is 6.04 Å². The number of carbonyl (C=O) groups is 2. The van der Waals surface area contributed by atoms with Crippen LogP contribution in [0.1, 0.15) is 30.0 Å². The number of nitrogens with zero attached hydrogens (tertiary/aromatic N) is 4. The molecule has 0 spiro atoms. The molecule has 1 saturated heterocycles. The van der Waals surface area contributed by atoms with Crippen LogP contribution < -0.4 is 19.5 Å². The van der Waals surface area contributed by atoms with Crippen molar-refractivity contribution in [1.82, 2.24) is 25.2 Å². The Balaban J connectivity index is 1.54. The Hall–Kier alpha value is -4.64. The van der Waals surface area contributed by atoms with Gasteiger partial charge in [0.1, 0.15) is 23.9 Å². The van der Waals surface area contributed by atoms with Crippen LogP contribution in [-0.4, -0.2) is 72.3 Å². The lowest BCUT2D eigenvalue weighted by atomic mass is 10.0. The minimum atomic E-state index is -0.990. The molecular weight excluding hydrogens is 538 g/mol. The number of nitrogens with one attached hydrogen (secondary N) is 1. The Bertz CT molecular complexity index is 1520. The van der Waals surface area contributed by atoms with Gasteiger partial charge in [0.05, 0.1) is 33.0 Å². The fraction of sp³-hybridized carbons (Fsp3) is 0.355. The highest BCUT2D eigenvalue weighted by atomic mass is 16.5. The number of amides is 2. The first-order valence-corrected chi connectivity index (χ1v) is 13.8. The number of aromatic nitrogens is 3. The topological polar surface area (TPSA) is 117 Å². The summed E-state index contributed by atoms with van der Waals surface area (Å²) < 4.78 is 23.6. The molecule has 1 fully saturated rings. The molecule has 1 aliphatic heterocycles. The van der Waals surface area contributed by atoms with E-state index in [4.69, 9.17) is 18.9 Å². The zero-order valence-electron chi connectivity index (χ0n) is 24.0. The first-order chi connectivity index (χ1) is 20.5. The number of hydrogen-bond acceptors (Lipinski definition) is 8. The zero-order chi connectivity index (χ0) is 29.5. The van der Waals surface area contributed by atoms with E-state index in [0.717, 1.165) is 23.9 Å². The largest absolute Gasteiger partial charge is 0.497 e. The maximum atomic E-state index is 14.2. The van der Waals surface area contributed by atoms with Gasteiger partial charge in [-0.05, 0) is 60.4 Å². The number of methoxy groups -OCH3 is 3. The SMILES string of the molecule is COc1ccc(CN(C(=O)Cn2nnc3ccccc32)[C@@H](C(=O)NC[C@@H]2CCCO2)c2ccc(OC)c(OC)c2)cc1. The first kappa shape index (κ1) is 28.9. The summed E-state index contributed by atoms with van der Waals surface area (Å²) in [6, 6.07) is 19.1. The average Bonchev–Trinajstić information content (AvgIpc) is 3.70. The maximum absolute atomic E-state index is 14.2. The van der Waals surface area contributed by atoms with Gasteiger partial charge in [0.25, 0.3) is 0 Å². The molecule has 5 rings (SSSR count). The summed E-state index contributed by atoms with van der Waals surface area (Å²) >= 11 is 0. The van der Waals surface area contributed by atoms with E-state index in [1.807, 2.05) is 48.5 Å². The Kier molecular flexibility index (Phi) is 9.18. The monoisotopic (exact) mass is 573 g/mol. The van der Waals surface area contributed by atoms with Crippen molar-refractivity contribution in [3.8, 4) is 17.2 Å². The summed E-state index contributed by atoms with van der Waals surface area (Å²) in [7, 11) is 4.67. The van der Waals surface area contributed by atoms with Crippen molar-refractivity contribution in [3.63, 3.8) is 0 Å². The van der Waals surface area contributed by atoms with E-state index in [9.17, 15) is 9.59 Å². The van der Waals surface area contributed by atoms with Crippen LogP contribution in [0, 0.1) is 0 Å². The van der Waals surface area contributed by atoms with Crippen molar-refractivity contribution in [3.05, 3.63) is 77.9 Å².